The van der Waals surface area contributed by atoms with Gasteiger partial charge in [-0.25, -0.2) is 9.78 Å². The highest BCUT2D eigenvalue weighted by atomic mass is 32.2. The van der Waals surface area contributed by atoms with Crippen molar-refractivity contribution >= 4 is 40.9 Å². The smallest absolute Gasteiger partial charge is 0.367 e. The monoisotopic (exact) mass is 463 g/mol. The van der Waals surface area contributed by atoms with Crippen LogP contribution in [0.15, 0.2) is 59.6 Å². The van der Waals surface area contributed by atoms with Crippen LogP contribution in [-0.2, 0) is 0 Å². The molecule has 4 N–H and O–H groups in total. The van der Waals surface area contributed by atoms with Crippen LogP contribution in [0, 0.1) is 6.92 Å². The average molecular weight is 463 g/mol. The number of hydrogen-bond acceptors (Lipinski definition) is 7. The van der Waals surface area contributed by atoms with Crippen molar-refractivity contribution in [2.75, 3.05) is 29.0 Å². The Kier molecular flexibility index (Phi) is 7.71. The van der Waals surface area contributed by atoms with Gasteiger partial charge in [-0.3, -0.25) is 0 Å². The summed E-state index contributed by atoms with van der Waals surface area (Å²) < 4.78 is 37.0. The van der Waals surface area contributed by atoms with Gasteiger partial charge in [0.25, 0.3) is 0 Å². The zero-order valence-corrected chi connectivity index (χ0v) is 17.7. The maximum absolute atomic E-state index is 12.3. The number of aryl methyl sites for hydroxylation is 1. The minimum absolute atomic E-state index is 0.0464. The van der Waals surface area contributed by atoms with Crippen LogP contribution < -0.4 is 21.3 Å². The van der Waals surface area contributed by atoms with E-state index in [-0.39, 0.29) is 16.7 Å². The second-order valence-corrected chi connectivity index (χ2v) is 7.67. The van der Waals surface area contributed by atoms with Gasteiger partial charge in [0.2, 0.25) is 0 Å². The molecule has 12 heteroatoms. The number of hydrogen-bond donors (Lipinski definition) is 4. The van der Waals surface area contributed by atoms with Crippen molar-refractivity contribution in [1.29, 1.82) is 0 Å². The Bertz CT molecular complexity index is 1010. The first-order valence-electron chi connectivity index (χ1n) is 9.45. The number of benzene rings is 1. The van der Waals surface area contributed by atoms with Gasteiger partial charge >= 0.3 is 11.5 Å². The minimum Gasteiger partial charge on any atom is -0.367 e. The van der Waals surface area contributed by atoms with Crippen LogP contribution in [0.25, 0.3) is 0 Å². The van der Waals surface area contributed by atoms with Gasteiger partial charge < -0.3 is 21.3 Å². The number of alkyl halides is 3. The van der Waals surface area contributed by atoms with E-state index in [4.69, 9.17) is 0 Å². The average Bonchev–Trinajstić information content (AvgIpc) is 2.74. The number of halogens is 3. The molecule has 0 aliphatic carbocycles. The quantitative estimate of drug-likeness (QED) is 0.282. The summed E-state index contributed by atoms with van der Waals surface area (Å²) in [4.78, 5) is 16.2. The molecular formula is C20H20F3N7OS. The van der Waals surface area contributed by atoms with Crippen LogP contribution in [0.5, 0.6) is 0 Å². The molecule has 3 rings (SSSR count). The van der Waals surface area contributed by atoms with Crippen molar-refractivity contribution in [2.45, 2.75) is 17.3 Å². The highest BCUT2D eigenvalue weighted by molar-refractivity contribution is 8.00. The van der Waals surface area contributed by atoms with Gasteiger partial charge in [0, 0.05) is 29.9 Å². The molecule has 2 amide bonds. The van der Waals surface area contributed by atoms with Crippen LogP contribution in [-0.4, -0.2) is 39.8 Å². The number of amides is 2. The predicted molar refractivity (Wildman–Crippen MR) is 118 cm³/mol. The summed E-state index contributed by atoms with van der Waals surface area (Å²) in [6.45, 7) is 2.64. The maximum atomic E-state index is 12.3. The van der Waals surface area contributed by atoms with E-state index in [1.807, 2.05) is 19.1 Å². The Balaban J connectivity index is 1.36. The molecular weight excluding hydrogens is 443 g/mol. The van der Waals surface area contributed by atoms with Crippen molar-refractivity contribution in [1.82, 2.24) is 20.5 Å². The van der Waals surface area contributed by atoms with E-state index in [1.165, 1.54) is 24.3 Å². The number of nitrogens with zero attached hydrogens (tertiary/aromatic N) is 3. The maximum Gasteiger partial charge on any atom is 0.446 e. The van der Waals surface area contributed by atoms with Crippen molar-refractivity contribution in [3.05, 3.63) is 60.3 Å². The number of anilines is 4. The molecule has 0 saturated heterocycles. The Morgan fingerprint density at radius 2 is 1.62 bits per heavy atom. The van der Waals surface area contributed by atoms with Crippen molar-refractivity contribution in [3.8, 4) is 0 Å². The Morgan fingerprint density at radius 3 is 2.25 bits per heavy atom. The second-order valence-electron chi connectivity index (χ2n) is 6.53. The number of rotatable bonds is 8. The molecule has 0 saturated carbocycles. The lowest BCUT2D eigenvalue weighted by Crippen LogP contribution is -2.32. The minimum atomic E-state index is -4.35. The zero-order chi connectivity index (χ0) is 23.0. The first-order chi connectivity index (χ1) is 15.3. The van der Waals surface area contributed by atoms with Crippen molar-refractivity contribution in [3.63, 3.8) is 0 Å². The van der Waals surface area contributed by atoms with Crippen molar-refractivity contribution < 1.29 is 18.0 Å². The second kappa shape index (κ2) is 10.7. The SMILES string of the molecule is Cc1ccc(Nc2ccc(NCCNC(=O)Nc3ccc(SC(F)(F)F)cc3)nn2)nc1. The van der Waals surface area contributed by atoms with E-state index in [9.17, 15) is 18.0 Å². The molecule has 0 bridgehead atoms. The summed E-state index contributed by atoms with van der Waals surface area (Å²) >= 11 is -0.210. The Labute approximate surface area is 186 Å². The fourth-order valence-corrected chi connectivity index (χ4v) is 2.99. The van der Waals surface area contributed by atoms with Crippen molar-refractivity contribution in [2.24, 2.45) is 0 Å². The largest absolute Gasteiger partial charge is 0.446 e. The Morgan fingerprint density at radius 1 is 0.938 bits per heavy atom. The third-order valence-electron chi connectivity index (χ3n) is 3.89. The fourth-order valence-electron chi connectivity index (χ4n) is 2.45. The first-order valence-corrected chi connectivity index (χ1v) is 10.3. The van der Waals surface area contributed by atoms with E-state index in [2.05, 4.69) is 36.4 Å². The molecule has 0 fully saturated rings. The molecule has 0 radical (unpaired) electrons. The van der Waals surface area contributed by atoms with Gasteiger partial charge in [-0.1, -0.05) is 6.07 Å². The van der Waals surface area contributed by atoms with E-state index in [0.29, 0.717) is 36.2 Å². The number of urea groups is 1. The molecule has 2 aromatic heterocycles. The summed E-state index contributed by atoms with van der Waals surface area (Å²) in [5.74, 6) is 1.74. The zero-order valence-electron chi connectivity index (χ0n) is 16.9. The Hall–Kier alpha value is -3.54. The highest BCUT2D eigenvalue weighted by Crippen LogP contribution is 2.37. The van der Waals surface area contributed by atoms with Gasteiger partial charge in [0.15, 0.2) is 5.82 Å². The van der Waals surface area contributed by atoms with Crippen LogP contribution in [0.1, 0.15) is 5.56 Å². The number of carbonyl (C=O) groups is 1. The molecule has 32 heavy (non-hydrogen) atoms. The van der Waals surface area contributed by atoms with Gasteiger partial charge in [-0.05, 0) is 66.7 Å². The normalized spacial score (nSPS) is 11.0. The summed E-state index contributed by atoms with van der Waals surface area (Å²) in [5.41, 5.74) is -2.90. The molecule has 0 spiro atoms. The number of nitrogens with one attached hydrogen (secondary N) is 4. The van der Waals surface area contributed by atoms with Crippen LogP contribution in [0.3, 0.4) is 0 Å². The van der Waals surface area contributed by atoms with E-state index in [0.717, 1.165) is 5.56 Å². The van der Waals surface area contributed by atoms with Crippen LogP contribution in [0.2, 0.25) is 0 Å². The third-order valence-corrected chi connectivity index (χ3v) is 4.63. The molecule has 1 aromatic carbocycles. The van der Waals surface area contributed by atoms with Crippen LogP contribution >= 0.6 is 11.8 Å². The van der Waals surface area contributed by atoms with E-state index in [1.54, 1.807) is 18.3 Å². The van der Waals surface area contributed by atoms with E-state index >= 15 is 0 Å². The number of carbonyl (C=O) groups excluding carboxylic acids is 1. The molecule has 2 heterocycles. The lowest BCUT2D eigenvalue weighted by molar-refractivity contribution is -0.0328. The summed E-state index contributed by atoms with van der Waals surface area (Å²) in [6, 6.07) is 12.2. The molecule has 0 atom stereocenters. The fraction of sp³-hybridized carbons (Fsp3) is 0.200. The molecule has 8 nitrogen and oxygen atoms in total. The standard InChI is InChI=1S/C20H20F3N7OS/c1-13-2-7-16(26-12-13)28-18-9-8-17(29-30-18)24-10-11-25-19(31)27-14-3-5-15(6-4-14)32-20(21,22)23/h2-9,12H,10-11H2,1H3,(H,24,29)(H2,25,27,31)(H,26,28,30). The molecule has 0 unspecified atom stereocenters. The number of thioether (sulfide) groups is 1. The molecule has 3 aromatic rings. The summed E-state index contributed by atoms with van der Waals surface area (Å²) in [6.07, 6.45) is 1.75. The lowest BCUT2D eigenvalue weighted by atomic mass is 10.3. The van der Waals surface area contributed by atoms with Gasteiger partial charge in [0.05, 0.1) is 0 Å². The van der Waals surface area contributed by atoms with Gasteiger partial charge in [-0.2, -0.15) is 13.2 Å². The number of pyridine rings is 1. The topological polar surface area (TPSA) is 104 Å². The van der Waals surface area contributed by atoms with Crippen LogP contribution in [0.4, 0.5) is 41.1 Å². The first kappa shape index (κ1) is 23.1. The van der Waals surface area contributed by atoms with E-state index < -0.39 is 11.5 Å². The molecule has 168 valence electrons. The highest BCUT2D eigenvalue weighted by Gasteiger charge is 2.29. The van der Waals surface area contributed by atoms with Gasteiger partial charge in [-0.15, -0.1) is 10.2 Å². The predicted octanol–water partition coefficient (Wildman–Crippen LogP) is 4.77. The van der Waals surface area contributed by atoms with Gasteiger partial charge in [0.1, 0.15) is 11.6 Å². The summed E-state index contributed by atoms with van der Waals surface area (Å²) in [5, 5.41) is 19.4. The third kappa shape index (κ3) is 7.95. The lowest BCUT2D eigenvalue weighted by Gasteiger charge is -2.10. The molecule has 0 aliphatic heterocycles. The number of aromatic nitrogens is 3. The molecule has 0 aliphatic rings. The summed E-state index contributed by atoms with van der Waals surface area (Å²) in [7, 11) is 0.